The first-order valence-corrected chi connectivity index (χ1v) is 9.74. The zero-order valence-electron chi connectivity index (χ0n) is 15.3. The van der Waals surface area contributed by atoms with Gasteiger partial charge in [0.25, 0.3) is 5.56 Å². The highest BCUT2D eigenvalue weighted by atomic mass is 32.2. The Hall–Kier alpha value is -3.11. The molecule has 0 aliphatic rings. The van der Waals surface area contributed by atoms with E-state index in [-0.39, 0.29) is 4.90 Å². The molecule has 3 rings (SSSR count). The van der Waals surface area contributed by atoms with Crippen LogP contribution in [0.15, 0.2) is 58.2 Å². The van der Waals surface area contributed by atoms with E-state index in [9.17, 15) is 18.0 Å². The van der Waals surface area contributed by atoms with Crippen molar-refractivity contribution in [1.82, 2.24) is 19.3 Å². The van der Waals surface area contributed by atoms with Crippen LogP contribution >= 0.6 is 0 Å². The van der Waals surface area contributed by atoms with Crippen molar-refractivity contribution in [1.29, 1.82) is 0 Å². The van der Waals surface area contributed by atoms with Gasteiger partial charge in [-0.3, -0.25) is 9.59 Å². The van der Waals surface area contributed by atoms with Gasteiger partial charge in [0.1, 0.15) is 12.1 Å². The number of fused-ring (bicyclic) bond motifs is 1. The van der Waals surface area contributed by atoms with E-state index in [1.54, 1.807) is 36.4 Å². The standard InChI is InChI=1S/C18H18N4O5S/c1-13-7-9-14(10-8-13)28(25,26)21(2)11-17(23)27-12-22-18(24)15-5-3-4-6-16(15)19-20-22/h3-10H,11-12H2,1-2H3. The van der Waals surface area contributed by atoms with E-state index >= 15 is 0 Å². The summed E-state index contributed by atoms with van der Waals surface area (Å²) in [6, 6.07) is 12.9. The van der Waals surface area contributed by atoms with Gasteiger partial charge in [-0.2, -0.15) is 8.99 Å². The minimum absolute atomic E-state index is 0.0741. The molecule has 0 aliphatic carbocycles. The average Bonchev–Trinajstić information content (AvgIpc) is 2.68. The van der Waals surface area contributed by atoms with Gasteiger partial charge in [0.2, 0.25) is 10.0 Å². The lowest BCUT2D eigenvalue weighted by Gasteiger charge is -2.16. The summed E-state index contributed by atoms with van der Waals surface area (Å²) in [5.41, 5.74) is 0.890. The number of aryl methyl sites for hydroxylation is 1. The number of likely N-dealkylation sites (N-methyl/N-ethyl adjacent to an activating group) is 1. The van der Waals surface area contributed by atoms with E-state index < -0.39 is 34.8 Å². The van der Waals surface area contributed by atoms with E-state index in [1.807, 2.05) is 6.92 Å². The quantitative estimate of drug-likeness (QED) is 0.564. The molecule has 0 N–H and O–H groups in total. The molecule has 0 aliphatic heterocycles. The monoisotopic (exact) mass is 402 g/mol. The van der Waals surface area contributed by atoms with Crippen LogP contribution < -0.4 is 5.56 Å². The Labute approximate surface area is 161 Å². The lowest BCUT2D eigenvalue weighted by molar-refractivity contribution is -0.148. The number of hydrogen-bond acceptors (Lipinski definition) is 7. The number of aromatic nitrogens is 3. The molecule has 10 heteroatoms. The van der Waals surface area contributed by atoms with Crippen LogP contribution in [0.5, 0.6) is 0 Å². The molecule has 0 radical (unpaired) electrons. The SMILES string of the molecule is Cc1ccc(S(=O)(=O)N(C)CC(=O)OCn2nnc3ccccc3c2=O)cc1. The molecule has 2 aromatic carbocycles. The second-order valence-corrected chi connectivity index (χ2v) is 8.18. The Balaban J connectivity index is 1.66. The second kappa shape index (κ2) is 7.87. The van der Waals surface area contributed by atoms with Crippen molar-refractivity contribution in [3.63, 3.8) is 0 Å². The Bertz CT molecular complexity index is 1170. The number of sulfonamides is 1. The summed E-state index contributed by atoms with van der Waals surface area (Å²) < 4.78 is 31.8. The lowest BCUT2D eigenvalue weighted by atomic mass is 10.2. The third-order valence-electron chi connectivity index (χ3n) is 4.06. The number of carbonyl (C=O) groups is 1. The zero-order valence-corrected chi connectivity index (χ0v) is 16.1. The molecule has 0 spiro atoms. The summed E-state index contributed by atoms with van der Waals surface area (Å²) in [4.78, 5) is 24.4. The molecular formula is C18H18N4O5S. The highest BCUT2D eigenvalue weighted by molar-refractivity contribution is 7.89. The molecule has 0 fully saturated rings. The number of esters is 1. The molecule has 3 aromatic rings. The summed E-state index contributed by atoms with van der Waals surface area (Å²) >= 11 is 0. The maximum absolute atomic E-state index is 12.5. The summed E-state index contributed by atoms with van der Waals surface area (Å²) in [7, 11) is -2.56. The van der Waals surface area contributed by atoms with Crippen LogP contribution in [0.2, 0.25) is 0 Å². The van der Waals surface area contributed by atoms with Gasteiger partial charge < -0.3 is 4.74 Å². The largest absolute Gasteiger partial charge is 0.441 e. The molecule has 0 saturated carbocycles. The van der Waals surface area contributed by atoms with Crippen LogP contribution in [0.25, 0.3) is 10.9 Å². The van der Waals surface area contributed by atoms with E-state index in [2.05, 4.69) is 10.3 Å². The van der Waals surface area contributed by atoms with Crippen molar-refractivity contribution in [3.05, 3.63) is 64.4 Å². The van der Waals surface area contributed by atoms with Crippen molar-refractivity contribution in [3.8, 4) is 0 Å². The molecule has 0 atom stereocenters. The molecule has 0 amide bonds. The minimum atomic E-state index is -3.83. The maximum atomic E-state index is 12.5. The van der Waals surface area contributed by atoms with Gasteiger partial charge in [0, 0.05) is 7.05 Å². The number of ether oxygens (including phenoxy) is 1. The predicted octanol–water partition coefficient (Wildman–Crippen LogP) is 0.921. The van der Waals surface area contributed by atoms with Crippen molar-refractivity contribution in [2.75, 3.05) is 13.6 Å². The Morgan fingerprint density at radius 1 is 1.14 bits per heavy atom. The van der Waals surface area contributed by atoms with Crippen LogP contribution in [0.4, 0.5) is 0 Å². The first kappa shape index (κ1) is 19.6. The smallest absolute Gasteiger partial charge is 0.323 e. The molecule has 0 saturated heterocycles. The van der Waals surface area contributed by atoms with Gasteiger partial charge >= 0.3 is 5.97 Å². The van der Waals surface area contributed by atoms with E-state index in [4.69, 9.17) is 4.74 Å². The minimum Gasteiger partial charge on any atom is -0.441 e. The van der Waals surface area contributed by atoms with E-state index in [1.165, 1.54) is 19.2 Å². The van der Waals surface area contributed by atoms with Gasteiger partial charge in [-0.1, -0.05) is 35.0 Å². The highest BCUT2D eigenvalue weighted by Gasteiger charge is 2.23. The Morgan fingerprint density at radius 3 is 2.54 bits per heavy atom. The molecule has 0 bridgehead atoms. The number of carbonyl (C=O) groups excluding carboxylic acids is 1. The topological polar surface area (TPSA) is 111 Å². The van der Waals surface area contributed by atoms with Gasteiger partial charge in [-0.15, -0.1) is 5.10 Å². The van der Waals surface area contributed by atoms with Crippen molar-refractivity contribution < 1.29 is 17.9 Å². The highest BCUT2D eigenvalue weighted by Crippen LogP contribution is 2.14. The molecule has 0 unspecified atom stereocenters. The van der Waals surface area contributed by atoms with Gasteiger partial charge in [-0.05, 0) is 31.2 Å². The van der Waals surface area contributed by atoms with Crippen LogP contribution in [0.3, 0.4) is 0 Å². The fourth-order valence-corrected chi connectivity index (χ4v) is 3.56. The predicted molar refractivity (Wildman–Crippen MR) is 101 cm³/mol. The summed E-state index contributed by atoms with van der Waals surface area (Å²) in [6.45, 7) is 0.870. The van der Waals surface area contributed by atoms with Gasteiger partial charge in [0.05, 0.1) is 10.3 Å². The maximum Gasteiger partial charge on any atom is 0.323 e. The summed E-state index contributed by atoms with van der Waals surface area (Å²) in [5.74, 6) is -0.819. The molecule has 1 aromatic heterocycles. The fourth-order valence-electron chi connectivity index (χ4n) is 2.44. The first-order valence-electron chi connectivity index (χ1n) is 8.30. The molecule has 1 heterocycles. The first-order chi connectivity index (χ1) is 13.3. The van der Waals surface area contributed by atoms with Crippen LogP contribution in [-0.2, 0) is 26.3 Å². The lowest BCUT2D eigenvalue weighted by Crippen LogP contribution is -2.34. The molecule has 28 heavy (non-hydrogen) atoms. The summed E-state index contributed by atoms with van der Waals surface area (Å²) in [6.07, 6.45) is 0. The van der Waals surface area contributed by atoms with Crippen molar-refractivity contribution in [2.24, 2.45) is 0 Å². The zero-order chi connectivity index (χ0) is 20.3. The average molecular weight is 402 g/mol. The van der Waals surface area contributed by atoms with E-state index in [0.29, 0.717) is 10.9 Å². The molecular weight excluding hydrogens is 384 g/mol. The molecule has 9 nitrogen and oxygen atoms in total. The van der Waals surface area contributed by atoms with Crippen molar-refractivity contribution >= 4 is 26.9 Å². The van der Waals surface area contributed by atoms with Crippen LogP contribution in [0, 0.1) is 6.92 Å². The van der Waals surface area contributed by atoms with Crippen molar-refractivity contribution in [2.45, 2.75) is 18.6 Å². The van der Waals surface area contributed by atoms with Crippen LogP contribution in [0.1, 0.15) is 5.56 Å². The Kier molecular flexibility index (Phi) is 5.52. The number of benzene rings is 2. The fraction of sp³-hybridized carbons (Fsp3) is 0.222. The van der Waals surface area contributed by atoms with Gasteiger partial charge in [-0.25, -0.2) is 8.42 Å². The third kappa shape index (κ3) is 4.07. The molecule has 146 valence electrons. The summed E-state index contributed by atoms with van der Waals surface area (Å²) in [5, 5.41) is 7.93. The third-order valence-corrected chi connectivity index (χ3v) is 5.88. The van der Waals surface area contributed by atoms with Crippen LogP contribution in [-0.4, -0.2) is 47.3 Å². The normalized spacial score (nSPS) is 11.7. The Morgan fingerprint density at radius 2 is 1.82 bits per heavy atom. The van der Waals surface area contributed by atoms with E-state index in [0.717, 1.165) is 14.6 Å². The second-order valence-electron chi connectivity index (χ2n) is 6.13. The number of rotatable bonds is 6. The van der Waals surface area contributed by atoms with Gasteiger partial charge in [0.15, 0.2) is 6.73 Å². The number of hydrogen-bond donors (Lipinski definition) is 0. The number of nitrogens with zero attached hydrogens (tertiary/aromatic N) is 4.